The largest absolute Gasteiger partial charge is 0.394 e. The van der Waals surface area contributed by atoms with Gasteiger partial charge in [-0.15, -0.1) is 0 Å². The van der Waals surface area contributed by atoms with Crippen molar-refractivity contribution in [2.24, 2.45) is 0 Å². The molecule has 0 amide bonds. The Hall–Kier alpha value is -2.34. The Bertz CT molecular complexity index is 590. The Balaban J connectivity index is 2.30. The van der Waals surface area contributed by atoms with E-state index in [0.717, 1.165) is 12.1 Å². The Morgan fingerprint density at radius 2 is 1.86 bits per heavy atom. The first-order chi connectivity index (χ1) is 10.1. The van der Waals surface area contributed by atoms with E-state index < -0.39 is 5.54 Å². The van der Waals surface area contributed by atoms with Gasteiger partial charge < -0.3 is 21.5 Å². The SMILES string of the molecule is CCNc1cc(NC(C)(CO)c2ccccc2)nc(N)n1. The Labute approximate surface area is 124 Å². The van der Waals surface area contributed by atoms with Gasteiger partial charge in [0.25, 0.3) is 0 Å². The van der Waals surface area contributed by atoms with Crippen LogP contribution in [0.1, 0.15) is 19.4 Å². The minimum atomic E-state index is -0.647. The van der Waals surface area contributed by atoms with E-state index in [0.29, 0.717) is 11.6 Å². The number of anilines is 3. The average Bonchev–Trinajstić information content (AvgIpc) is 2.48. The highest BCUT2D eigenvalue weighted by molar-refractivity contribution is 5.53. The van der Waals surface area contributed by atoms with Crippen molar-refractivity contribution in [2.45, 2.75) is 19.4 Å². The van der Waals surface area contributed by atoms with Crippen LogP contribution in [-0.2, 0) is 5.54 Å². The molecule has 0 saturated carbocycles. The number of hydrogen-bond acceptors (Lipinski definition) is 6. The number of aliphatic hydroxyl groups excluding tert-OH is 1. The molecule has 0 saturated heterocycles. The van der Waals surface area contributed by atoms with Gasteiger partial charge in [-0.3, -0.25) is 0 Å². The van der Waals surface area contributed by atoms with E-state index in [2.05, 4.69) is 20.6 Å². The van der Waals surface area contributed by atoms with Crippen molar-refractivity contribution in [3.8, 4) is 0 Å². The van der Waals surface area contributed by atoms with Crippen LogP contribution in [0.4, 0.5) is 17.6 Å². The lowest BCUT2D eigenvalue weighted by molar-refractivity contribution is 0.223. The fraction of sp³-hybridized carbons (Fsp3) is 0.333. The minimum Gasteiger partial charge on any atom is -0.394 e. The third kappa shape index (κ3) is 3.61. The molecule has 0 spiro atoms. The summed E-state index contributed by atoms with van der Waals surface area (Å²) in [4.78, 5) is 8.28. The lowest BCUT2D eigenvalue weighted by atomic mass is 9.93. The van der Waals surface area contributed by atoms with Gasteiger partial charge in [-0.1, -0.05) is 30.3 Å². The van der Waals surface area contributed by atoms with E-state index in [1.807, 2.05) is 44.2 Å². The number of benzene rings is 1. The van der Waals surface area contributed by atoms with Crippen molar-refractivity contribution < 1.29 is 5.11 Å². The van der Waals surface area contributed by atoms with E-state index in [1.165, 1.54) is 0 Å². The first kappa shape index (κ1) is 15.1. The zero-order chi connectivity index (χ0) is 15.3. The summed E-state index contributed by atoms with van der Waals surface area (Å²) in [5.41, 5.74) is 6.04. The molecule has 6 heteroatoms. The summed E-state index contributed by atoms with van der Waals surface area (Å²) in [5, 5.41) is 16.1. The molecular formula is C15H21N5O. The lowest BCUT2D eigenvalue weighted by Crippen LogP contribution is -2.36. The molecule has 112 valence electrons. The maximum absolute atomic E-state index is 9.79. The molecule has 1 unspecified atom stereocenters. The van der Waals surface area contributed by atoms with Gasteiger partial charge >= 0.3 is 0 Å². The fourth-order valence-electron chi connectivity index (χ4n) is 2.09. The molecule has 0 aliphatic rings. The van der Waals surface area contributed by atoms with Crippen molar-refractivity contribution in [2.75, 3.05) is 29.5 Å². The third-order valence-electron chi connectivity index (χ3n) is 3.23. The third-order valence-corrected chi connectivity index (χ3v) is 3.23. The number of aliphatic hydroxyl groups is 1. The van der Waals surface area contributed by atoms with E-state index in [4.69, 9.17) is 5.73 Å². The Kier molecular flexibility index (Phi) is 4.59. The summed E-state index contributed by atoms with van der Waals surface area (Å²) in [6.45, 7) is 4.56. The molecule has 0 radical (unpaired) electrons. The predicted octanol–water partition coefficient (Wildman–Crippen LogP) is 1.81. The van der Waals surface area contributed by atoms with Crippen LogP contribution in [-0.4, -0.2) is 28.2 Å². The van der Waals surface area contributed by atoms with Crippen LogP contribution in [0.15, 0.2) is 36.4 Å². The van der Waals surface area contributed by atoms with Crippen LogP contribution in [0, 0.1) is 0 Å². The predicted molar refractivity (Wildman–Crippen MR) is 85.1 cm³/mol. The van der Waals surface area contributed by atoms with E-state index in [1.54, 1.807) is 6.07 Å². The van der Waals surface area contributed by atoms with Gasteiger partial charge in [0.2, 0.25) is 5.95 Å². The summed E-state index contributed by atoms with van der Waals surface area (Å²) in [6.07, 6.45) is 0. The van der Waals surface area contributed by atoms with Crippen LogP contribution in [0.3, 0.4) is 0 Å². The molecule has 1 atom stereocenters. The smallest absolute Gasteiger partial charge is 0.223 e. The van der Waals surface area contributed by atoms with Gasteiger partial charge in [0, 0.05) is 12.6 Å². The maximum atomic E-state index is 9.79. The fourth-order valence-corrected chi connectivity index (χ4v) is 2.09. The molecule has 0 aliphatic heterocycles. The number of rotatable bonds is 6. The molecule has 2 aromatic rings. The number of nitrogens with zero attached hydrogens (tertiary/aromatic N) is 2. The van der Waals surface area contributed by atoms with E-state index in [9.17, 15) is 5.11 Å². The molecule has 1 heterocycles. The van der Waals surface area contributed by atoms with Crippen molar-refractivity contribution in [3.63, 3.8) is 0 Å². The standard InChI is InChI=1S/C15H21N5O/c1-3-17-12-9-13(19-14(16)18-12)20-15(2,10-21)11-7-5-4-6-8-11/h4-9,21H,3,10H2,1-2H3,(H4,16,17,18,19,20). The monoisotopic (exact) mass is 287 g/mol. The Morgan fingerprint density at radius 3 is 2.48 bits per heavy atom. The van der Waals surface area contributed by atoms with Crippen molar-refractivity contribution >= 4 is 17.6 Å². The maximum Gasteiger partial charge on any atom is 0.223 e. The topological polar surface area (TPSA) is 96.1 Å². The molecule has 0 bridgehead atoms. The number of nitrogen functional groups attached to an aromatic ring is 1. The highest BCUT2D eigenvalue weighted by atomic mass is 16.3. The zero-order valence-electron chi connectivity index (χ0n) is 12.3. The molecule has 21 heavy (non-hydrogen) atoms. The number of nitrogens with two attached hydrogens (primary N) is 1. The number of nitrogens with one attached hydrogen (secondary N) is 2. The van der Waals surface area contributed by atoms with Gasteiger partial charge in [0.1, 0.15) is 11.6 Å². The van der Waals surface area contributed by atoms with Gasteiger partial charge in [-0.25, -0.2) is 0 Å². The van der Waals surface area contributed by atoms with Crippen molar-refractivity contribution in [3.05, 3.63) is 42.0 Å². The van der Waals surface area contributed by atoms with Crippen molar-refractivity contribution in [1.82, 2.24) is 9.97 Å². The summed E-state index contributed by atoms with van der Waals surface area (Å²) < 4.78 is 0. The van der Waals surface area contributed by atoms with Gasteiger partial charge in [-0.2, -0.15) is 9.97 Å². The summed E-state index contributed by atoms with van der Waals surface area (Å²) in [7, 11) is 0. The second-order valence-corrected chi connectivity index (χ2v) is 5.01. The summed E-state index contributed by atoms with van der Waals surface area (Å²) in [5.74, 6) is 1.41. The first-order valence-corrected chi connectivity index (χ1v) is 6.90. The minimum absolute atomic E-state index is 0.0720. The van der Waals surface area contributed by atoms with Crippen LogP contribution >= 0.6 is 0 Å². The molecule has 5 N–H and O–H groups in total. The molecule has 1 aromatic carbocycles. The number of aromatic nitrogens is 2. The second-order valence-electron chi connectivity index (χ2n) is 5.01. The molecule has 1 aromatic heterocycles. The average molecular weight is 287 g/mol. The van der Waals surface area contributed by atoms with Gasteiger partial charge in [-0.05, 0) is 19.4 Å². The highest BCUT2D eigenvalue weighted by Gasteiger charge is 2.26. The quantitative estimate of drug-likeness (QED) is 0.647. The van der Waals surface area contributed by atoms with E-state index >= 15 is 0 Å². The molecule has 0 fully saturated rings. The lowest BCUT2D eigenvalue weighted by Gasteiger charge is -2.30. The van der Waals surface area contributed by atoms with Gasteiger partial charge in [0.05, 0.1) is 12.1 Å². The van der Waals surface area contributed by atoms with Gasteiger partial charge in [0.15, 0.2) is 0 Å². The molecular weight excluding hydrogens is 266 g/mol. The van der Waals surface area contributed by atoms with Crippen LogP contribution < -0.4 is 16.4 Å². The molecule has 0 aliphatic carbocycles. The zero-order valence-corrected chi connectivity index (χ0v) is 12.3. The normalized spacial score (nSPS) is 13.5. The second kappa shape index (κ2) is 6.41. The van der Waals surface area contributed by atoms with E-state index in [-0.39, 0.29) is 12.6 Å². The highest BCUT2D eigenvalue weighted by Crippen LogP contribution is 2.26. The van der Waals surface area contributed by atoms with Crippen LogP contribution in [0.5, 0.6) is 0 Å². The molecule has 6 nitrogen and oxygen atoms in total. The first-order valence-electron chi connectivity index (χ1n) is 6.90. The van der Waals surface area contributed by atoms with Crippen LogP contribution in [0.25, 0.3) is 0 Å². The van der Waals surface area contributed by atoms with Crippen LogP contribution in [0.2, 0.25) is 0 Å². The summed E-state index contributed by atoms with van der Waals surface area (Å²) in [6, 6.07) is 11.5. The summed E-state index contributed by atoms with van der Waals surface area (Å²) >= 11 is 0. The number of hydrogen-bond donors (Lipinski definition) is 4. The van der Waals surface area contributed by atoms with Crippen molar-refractivity contribution in [1.29, 1.82) is 0 Å². The Morgan fingerprint density at radius 1 is 1.19 bits per heavy atom. The molecule has 2 rings (SSSR count).